The van der Waals surface area contributed by atoms with Crippen LogP contribution in [0.5, 0.6) is 5.75 Å². The largest absolute Gasteiger partial charge is 0.497 e. The van der Waals surface area contributed by atoms with Gasteiger partial charge in [-0.2, -0.15) is 0 Å². The van der Waals surface area contributed by atoms with E-state index in [9.17, 15) is 9.59 Å². The molecule has 3 rings (SSSR count). The molecule has 1 aromatic carbocycles. The van der Waals surface area contributed by atoms with E-state index in [-0.39, 0.29) is 18.5 Å². The van der Waals surface area contributed by atoms with Crippen LogP contribution in [0, 0.1) is 0 Å². The minimum atomic E-state index is -0.460. The summed E-state index contributed by atoms with van der Waals surface area (Å²) in [4.78, 5) is 29.8. The lowest BCUT2D eigenvalue weighted by Crippen LogP contribution is -2.28. The van der Waals surface area contributed by atoms with Gasteiger partial charge in [-0.05, 0) is 17.7 Å². The third-order valence-corrected chi connectivity index (χ3v) is 5.14. The first-order valence-corrected chi connectivity index (χ1v) is 9.35. The fraction of sp³-hybridized carbons (Fsp3) is 0.316. The van der Waals surface area contributed by atoms with Crippen LogP contribution in [-0.2, 0) is 22.5 Å². The highest BCUT2D eigenvalue weighted by molar-refractivity contribution is 7.17. The molecule has 0 aliphatic rings. The highest BCUT2D eigenvalue weighted by atomic mass is 32.1. The van der Waals surface area contributed by atoms with E-state index < -0.39 is 5.91 Å². The molecule has 7 nitrogen and oxygen atoms in total. The quantitative estimate of drug-likeness (QED) is 0.639. The summed E-state index contributed by atoms with van der Waals surface area (Å²) in [5, 5.41) is 2.46. The Labute approximate surface area is 160 Å². The Morgan fingerprint density at radius 3 is 2.85 bits per heavy atom. The lowest BCUT2D eigenvalue weighted by Gasteiger charge is -2.12. The molecule has 0 aliphatic heterocycles. The van der Waals surface area contributed by atoms with Crippen LogP contribution < -0.4 is 16.0 Å². The van der Waals surface area contributed by atoms with Crippen molar-refractivity contribution < 1.29 is 14.3 Å². The van der Waals surface area contributed by atoms with Gasteiger partial charge in [0, 0.05) is 37.4 Å². The van der Waals surface area contributed by atoms with Gasteiger partial charge in [-0.3, -0.25) is 14.2 Å². The summed E-state index contributed by atoms with van der Waals surface area (Å²) >= 11 is 1.42. The van der Waals surface area contributed by atoms with E-state index in [4.69, 9.17) is 15.2 Å². The molecule has 27 heavy (non-hydrogen) atoms. The number of nitrogens with zero attached hydrogens (tertiary/aromatic N) is 2. The Bertz CT molecular complexity index is 1030. The zero-order chi connectivity index (χ0) is 19.4. The smallest absolute Gasteiger partial charge is 0.262 e. The Morgan fingerprint density at radius 2 is 2.15 bits per heavy atom. The molecule has 0 saturated carbocycles. The van der Waals surface area contributed by atoms with E-state index >= 15 is 0 Å². The summed E-state index contributed by atoms with van der Waals surface area (Å²) in [7, 11) is 3.20. The third-order valence-electron chi connectivity index (χ3n) is 4.27. The summed E-state index contributed by atoms with van der Waals surface area (Å²) in [6, 6.07) is 7.54. The molecule has 2 heterocycles. The molecule has 0 aliphatic carbocycles. The van der Waals surface area contributed by atoms with Crippen molar-refractivity contribution in [2.24, 2.45) is 5.73 Å². The first kappa shape index (κ1) is 19.1. The van der Waals surface area contributed by atoms with Gasteiger partial charge in [0.05, 0.1) is 19.1 Å². The van der Waals surface area contributed by atoms with Crippen molar-refractivity contribution in [2.45, 2.75) is 19.4 Å². The molecule has 0 bridgehead atoms. The molecule has 0 unspecified atom stereocenters. The highest BCUT2D eigenvalue weighted by Gasteiger charge is 2.17. The topological polar surface area (TPSA) is 96.4 Å². The fourth-order valence-corrected chi connectivity index (χ4v) is 3.86. The van der Waals surface area contributed by atoms with Gasteiger partial charge in [0.2, 0.25) is 5.91 Å². The standard InChI is InChI=1S/C19H21N3O4S/c1-25-9-7-16-21-18-17(19(24)22(16)8-6-15(20)23)14(11-27-18)12-4-3-5-13(10-12)26-2/h3-5,10-11H,6-9H2,1-2H3,(H2,20,23). The van der Waals surface area contributed by atoms with Crippen LogP contribution >= 0.6 is 11.3 Å². The van der Waals surface area contributed by atoms with Crippen molar-refractivity contribution in [3.05, 3.63) is 45.8 Å². The van der Waals surface area contributed by atoms with Gasteiger partial charge in [0.15, 0.2) is 0 Å². The van der Waals surface area contributed by atoms with Crippen LogP contribution in [0.2, 0.25) is 0 Å². The van der Waals surface area contributed by atoms with Crippen LogP contribution in [0.15, 0.2) is 34.4 Å². The number of amides is 1. The normalized spacial score (nSPS) is 11.0. The Morgan fingerprint density at radius 1 is 1.33 bits per heavy atom. The molecule has 8 heteroatoms. The molecule has 2 N–H and O–H groups in total. The molecular weight excluding hydrogens is 366 g/mol. The average molecular weight is 387 g/mol. The van der Waals surface area contributed by atoms with Gasteiger partial charge in [0.25, 0.3) is 5.56 Å². The van der Waals surface area contributed by atoms with Crippen molar-refractivity contribution in [1.82, 2.24) is 9.55 Å². The fourth-order valence-electron chi connectivity index (χ4n) is 2.91. The van der Waals surface area contributed by atoms with Crippen molar-refractivity contribution in [3.8, 4) is 16.9 Å². The first-order valence-electron chi connectivity index (χ1n) is 8.47. The number of nitrogens with two attached hydrogens (primary N) is 1. The van der Waals surface area contributed by atoms with E-state index in [0.717, 1.165) is 11.1 Å². The molecule has 1 amide bonds. The van der Waals surface area contributed by atoms with Gasteiger partial charge in [-0.1, -0.05) is 12.1 Å². The number of benzene rings is 1. The van der Waals surface area contributed by atoms with Crippen molar-refractivity contribution in [3.63, 3.8) is 0 Å². The Kier molecular flexibility index (Phi) is 5.88. The first-order chi connectivity index (χ1) is 13.0. The van der Waals surface area contributed by atoms with Gasteiger partial charge in [-0.25, -0.2) is 4.98 Å². The number of fused-ring (bicyclic) bond motifs is 1. The van der Waals surface area contributed by atoms with E-state index in [1.807, 2.05) is 29.6 Å². The van der Waals surface area contributed by atoms with Gasteiger partial charge in [-0.15, -0.1) is 11.3 Å². The zero-order valence-corrected chi connectivity index (χ0v) is 16.0. The van der Waals surface area contributed by atoms with Crippen molar-refractivity contribution >= 4 is 27.5 Å². The summed E-state index contributed by atoms with van der Waals surface area (Å²) in [6.45, 7) is 0.631. The molecule has 0 fully saturated rings. The molecule has 142 valence electrons. The molecule has 2 aromatic heterocycles. The van der Waals surface area contributed by atoms with Gasteiger partial charge < -0.3 is 15.2 Å². The van der Waals surface area contributed by atoms with Crippen LogP contribution in [0.25, 0.3) is 21.3 Å². The number of primary amides is 1. The van der Waals surface area contributed by atoms with E-state index in [1.165, 1.54) is 15.9 Å². The lowest BCUT2D eigenvalue weighted by molar-refractivity contribution is -0.118. The van der Waals surface area contributed by atoms with Crippen LogP contribution in [0.3, 0.4) is 0 Å². The molecule has 0 radical (unpaired) electrons. The number of rotatable bonds is 8. The van der Waals surface area contributed by atoms with Crippen molar-refractivity contribution in [2.75, 3.05) is 20.8 Å². The number of thiophene rings is 1. The summed E-state index contributed by atoms with van der Waals surface area (Å²) in [6.07, 6.45) is 0.554. The minimum Gasteiger partial charge on any atom is -0.497 e. The monoisotopic (exact) mass is 387 g/mol. The zero-order valence-electron chi connectivity index (χ0n) is 15.2. The predicted octanol–water partition coefficient (Wildman–Crippen LogP) is 2.20. The number of methoxy groups -OCH3 is 2. The summed E-state index contributed by atoms with van der Waals surface area (Å²) in [5.74, 6) is 0.846. The highest BCUT2D eigenvalue weighted by Crippen LogP contribution is 2.32. The van der Waals surface area contributed by atoms with Gasteiger partial charge in [0.1, 0.15) is 16.4 Å². The number of carbonyl (C=O) groups is 1. The number of ether oxygens (including phenoxy) is 2. The number of hydrogen-bond donors (Lipinski definition) is 1. The maximum atomic E-state index is 13.2. The third kappa shape index (κ3) is 4.01. The van der Waals surface area contributed by atoms with E-state index in [0.29, 0.717) is 34.8 Å². The maximum Gasteiger partial charge on any atom is 0.262 e. The SMILES string of the molecule is COCCc1nc2scc(-c3cccc(OC)c3)c2c(=O)n1CCC(N)=O. The number of carbonyl (C=O) groups excluding carboxylic acids is 1. The molecule has 0 saturated heterocycles. The average Bonchev–Trinajstić information content (AvgIpc) is 3.09. The lowest BCUT2D eigenvalue weighted by atomic mass is 10.1. The molecule has 3 aromatic rings. The van der Waals surface area contributed by atoms with Crippen LogP contribution in [0.4, 0.5) is 0 Å². The van der Waals surface area contributed by atoms with Crippen molar-refractivity contribution in [1.29, 1.82) is 0 Å². The Balaban J connectivity index is 2.17. The van der Waals surface area contributed by atoms with E-state index in [2.05, 4.69) is 4.98 Å². The second-order valence-electron chi connectivity index (χ2n) is 6.01. The Hall–Kier alpha value is -2.71. The molecule has 0 spiro atoms. The summed E-state index contributed by atoms with van der Waals surface area (Å²) in [5.41, 5.74) is 6.78. The number of aromatic nitrogens is 2. The van der Waals surface area contributed by atoms with Crippen LogP contribution in [-0.4, -0.2) is 36.3 Å². The molecular formula is C19H21N3O4S. The van der Waals surface area contributed by atoms with Gasteiger partial charge >= 0.3 is 0 Å². The van der Waals surface area contributed by atoms with Crippen LogP contribution in [0.1, 0.15) is 12.2 Å². The molecule has 0 atom stereocenters. The second-order valence-corrected chi connectivity index (χ2v) is 6.86. The maximum absolute atomic E-state index is 13.2. The second kappa shape index (κ2) is 8.32. The predicted molar refractivity (Wildman–Crippen MR) is 105 cm³/mol. The summed E-state index contributed by atoms with van der Waals surface area (Å²) < 4.78 is 11.9. The minimum absolute atomic E-state index is 0.0751. The number of hydrogen-bond acceptors (Lipinski definition) is 6. The van der Waals surface area contributed by atoms with E-state index in [1.54, 1.807) is 14.2 Å².